The van der Waals surface area contributed by atoms with Gasteiger partial charge in [0.1, 0.15) is 0 Å². The van der Waals surface area contributed by atoms with Crippen LogP contribution in [-0.2, 0) is 9.59 Å². The molecule has 2 rings (SSSR count). The molecule has 4 atom stereocenters. The van der Waals surface area contributed by atoms with E-state index in [1.54, 1.807) is 0 Å². The first kappa shape index (κ1) is 28.5. The largest absolute Gasteiger partial charge is 0.351 e. The van der Waals surface area contributed by atoms with Gasteiger partial charge in [-0.1, -0.05) is 38.8 Å². The van der Waals surface area contributed by atoms with Crippen LogP contribution in [0, 0.1) is 22.7 Å². The molecule has 0 unspecified atom stereocenters. The lowest BCUT2D eigenvalue weighted by Crippen LogP contribution is -2.49. The van der Waals surface area contributed by atoms with Gasteiger partial charge in [0.2, 0.25) is 11.8 Å². The van der Waals surface area contributed by atoms with Gasteiger partial charge in [0, 0.05) is 21.9 Å². The van der Waals surface area contributed by atoms with E-state index in [-0.39, 0.29) is 33.7 Å². The van der Waals surface area contributed by atoms with Gasteiger partial charge in [-0.05, 0) is 91.9 Å². The van der Waals surface area contributed by atoms with Crippen molar-refractivity contribution in [2.45, 2.75) is 118 Å². The minimum atomic E-state index is -0.204. The number of carbonyl (C=O) groups excluding carboxylic acids is 2. The zero-order chi connectivity index (χ0) is 24.8. The lowest BCUT2D eigenvalue weighted by Gasteiger charge is -2.38. The molecular formula is C28H50N2O2. The van der Waals surface area contributed by atoms with Crippen LogP contribution in [0.25, 0.3) is 0 Å². The smallest absolute Gasteiger partial charge is 0.226 e. The molecule has 0 aromatic heterocycles. The van der Waals surface area contributed by atoms with Gasteiger partial charge < -0.3 is 10.6 Å². The molecule has 2 N–H and O–H groups in total. The molecule has 0 spiro atoms. The van der Waals surface area contributed by atoms with Gasteiger partial charge in [-0.25, -0.2) is 0 Å². The van der Waals surface area contributed by atoms with E-state index < -0.39 is 0 Å². The van der Waals surface area contributed by atoms with E-state index in [1.165, 1.54) is 12.8 Å². The molecule has 2 amide bonds. The molecule has 0 aromatic rings. The zero-order valence-corrected chi connectivity index (χ0v) is 22.2. The predicted octanol–water partition coefficient (Wildman–Crippen LogP) is 6.57. The summed E-state index contributed by atoms with van der Waals surface area (Å²) >= 11 is 0. The average molecular weight is 447 g/mol. The van der Waals surface area contributed by atoms with Crippen molar-refractivity contribution < 1.29 is 9.59 Å². The van der Waals surface area contributed by atoms with Gasteiger partial charge in [0.15, 0.2) is 0 Å². The van der Waals surface area contributed by atoms with E-state index in [9.17, 15) is 9.59 Å². The number of amides is 2. The van der Waals surface area contributed by atoms with E-state index in [0.717, 1.165) is 38.5 Å². The lowest BCUT2D eigenvalue weighted by atomic mass is 9.70. The number of nitrogens with one attached hydrogen (secondary N) is 2. The van der Waals surface area contributed by atoms with E-state index in [0.29, 0.717) is 11.8 Å². The predicted molar refractivity (Wildman–Crippen MR) is 136 cm³/mol. The van der Waals surface area contributed by atoms with Crippen LogP contribution in [0.1, 0.15) is 107 Å². The molecule has 2 saturated carbocycles. The van der Waals surface area contributed by atoms with Crippen molar-refractivity contribution in [2.24, 2.45) is 22.7 Å². The maximum absolute atomic E-state index is 12.3. The van der Waals surface area contributed by atoms with Gasteiger partial charge in [-0.15, -0.1) is 13.2 Å². The number of hydrogen-bond donors (Lipinski definition) is 2. The molecule has 2 fully saturated rings. The molecule has 184 valence electrons. The molecular weight excluding hydrogens is 396 g/mol. The Hall–Kier alpha value is -1.58. The van der Waals surface area contributed by atoms with Gasteiger partial charge in [-0.2, -0.15) is 0 Å². The topological polar surface area (TPSA) is 58.2 Å². The van der Waals surface area contributed by atoms with Gasteiger partial charge in [0.05, 0.1) is 0 Å². The number of hydrogen-bond acceptors (Lipinski definition) is 2. The third-order valence-corrected chi connectivity index (χ3v) is 6.77. The van der Waals surface area contributed by atoms with Crippen LogP contribution in [0.3, 0.4) is 0 Å². The Morgan fingerprint density at radius 2 is 1.06 bits per heavy atom. The maximum atomic E-state index is 12.3. The van der Waals surface area contributed by atoms with Crippen molar-refractivity contribution in [3.8, 4) is 0 Å². The molecule has 0 bridgehead atoms. The van der Waals surface area contributed by atoms with E-state index in [2.05, 4.69) is 37.6 Å². The lowest BCUT2D eigenvalue weighted by molar-refractivity contribution is -0.134. The highest BCUT2D eigenvalue weighted by Crippen LogP contribution is 2.41. The molecule has 4 nitrogen and oxygen atoms in total. The van der Waals surface area contributed by atoms with Crippen molar-refractivity contribution in [1.29, 1.82) is 0 Å². The van der Waals surface area contributed by atoms with Gasteiger partial charge in [0.25, 0.3) is 0 Å². The monoisotopic (exact) mass is 446 g/mol. The molecule has 32 heavy (non-hydrogen) atoms. The van der Waals surface area contributed by atoms with E-state index in [4.69, 9.17) is 0 Å². The van der Waals surface area contributed by atoms with Crippen molar-refractivity contribution in [1.82, 2.24) is 10.6 Å². The fraction of sp³-hybridized carbons (Fsp3) is 0.786. The number of carbonyl (C=O) groups is 2. The molecule has 2 aliphatic carbocycles. The maximum Gasteiger partial charge on any atom is 0.226 e. The normalized spacial score (nSPS) is 30.9. The molecule has 0 aromatic carbocycles. The number of rotatable bonds is 4. The quantitative estimate of drug-likeness (QED) is 0.480. The second-order valence-electron chi connectivity index (χ2n) is 12.7. The third-order valence-electron chi connectivity index (χ3n) is 6.77. The minimum absolute atomic E-state index is 0.138. The Kier molecular flexibility index (Phi) is 9.81. The van der Waals surface area contributed by atoms with Crippen LogP contribution in [0.4, 0.5) is 0 Å². The first-order valence-electron chi connectivity index (χ1n) is 12.4. The first-order valence-corrected chi connectivity index (χ1v) is 12.4. The summed E-state index contributed by atoms with van der Waals surface area (Å²) in [4.78, 5) is 24.5. The summed E-state index contributed by atoms with van der Waals surface area (Å²) in [5, 5.41) is 6.20. The van der Waals surface area contributed by atoms with Crippen molar-refractivity contribution in [2.75, 3.05) is 0 Å². The van der Waals surface area contributed by atoms with Crippen LogP contribution in [0.15, 0.2) is 25.3 Å². The summed E-state index contributed by atoms with van der Waals surface area (Å²) < 4.78 is 0. The summed E-state index contributed by atoms with van der Waals surface area (Å²) in [6.07, 6.45) is 12.5. The van der Waals surface area contributed by atoms with Crippen molar-refractivity contribution in [3.05, 3.63) is 25.3 Å². The summed E-state index contributed by atoms with van der Waals surface area (Å²) in [5.74, 6) is 1.41. The Bertz CT molecular complexity index is 612. The fourth-order valence-corrected chi connectivity index (χ4v) is 4.87. The van der Waals surface area contributed by atoms with Crippen LogP contribution in [-0.4, -0.2) is 22.9 Å². The Labute approximate surface area is 198 Å². The minimum Gasteiger partial charge on any atom is -0.351 e. The number of allylic oxidation sites excluding steroid dienone is 2. The van der Waals surface area contributed by atoms with E-state index >= 15 is 0 Å². The molecule has 0 radical (unpaired) electrons. The zero-order valence-electron chi connectivity index (χ0n) is 22.2. The van der Waals surface area contributed by atoms with Crippen LogP contribution in [0.5, 0.6) is 0 Å². The SMILES string of the molecule is C=C[C@@H]1CCC[C@@](C)(C(=O)NC(C)(C)C)C1.C=C[C@H]1CCC[C@@](C)(C(=O)NC(C)(C)C)C1. The summed E-state index contributed by atoms with van der Waals surface area (Å²) in [7, 11) is 0. The molecule has 0 heterocycles. The Balaban J connectivity index is 0.000000320. The van der Waals surface area contributed by atoms with Crippen LogP contribution in [0.2, 0.25) is 0 Å². The second kappa shape index (κ2) is 11.0. The van der Waals surface area contributed by atoms with Crippen molar-refractivity contribution >= 4 is 11.8 Å². The molecule has 4 heteroatoms. The average Bonchev–Trinajstić information content (AvgIpc) is 2.66. The first-order chi connectivity index (χ1) is 14.5. The van der Waals surface area contributed by atoms with Crippen molar-refractivity contribution in [3.63, 3.8) is 0 Å². The Morgan fingerprint density at radius 3 is 1.31 bits per heavy atom. The van der Waals surface area contributed by atoms with Crippen LogP contribution < -0.4 is 10.6 Å². The molecule has 0 saturated heterocycles. The third kappa shape index (κ3) is 9.11. The highest BCUT2D eigenvalue weighted by molar-refractivity contribution is 5.83. The molecule has 2 aliphatic rings. The summed E-state index contributed by atoms with van der Waals surface area (Å²) in [5.41, 5.74) is -0.683. The summed E-state index contributed by atoms with van der Waals surface area (Å²) in [6, 6.07) is 0. The highest BCUT2D eigenvalue weighted by Gasteiger charge is 2.39. The highest BCUT2D eigenvalue weighted by atomic mass is 16.2. The standard InChI is InChI=1S/2C14H25NO/c2*1-6-11-8-7-9-14(5,10-11)12(16)15-13(2,3)4/h2*6,11H,1,7-10H2,2-5H3,(H,15,16)/t11-,14+;11-,14-/m01/s1. The fourth-order valence-electron chi connectivity index (χ4n) is 4.87. The molecule has 0 aliphatic heterocycles. The van der Waals surface area contributed by atoms with Gasteiger partial charge in [-0.3, -0.25) is 9.59 Å². The van der Waals surface area contributed by atoms with Gasteiger partial charge >= 0.3 is 0 Å². The van der Waals surface area contributed by atoms with E-state index in [1.807, 2.05) is 53.7 Å². The second-order valence-corrected chi connectivity index (χ2v) is 12.7. The Morgan fingerprint density at radius 1 is 0.750 bits per heavy atom. The van der Waals surface area contributed by atoms with Crippen LogP contribution >= 0.6 is 0 Å². The summed E-state index contributed by atoms with van der Waals surface area (Å²) in [6.45, 7) is 24.1.